The molecule has 1 N–H and O–H groups in total. The van der Waals surface area contributed by atoms with Gasteiger partial charge in [0.2, 0.25) is 5.91 Å². The van der Waals surface area contributed by atoms with Gasteiger partial charge < -0.3 is 10.0 Å². The molecule has 122 valence electrons. The summed E-state index contributed by atoms with van der Waals surface area (Å²) in [5.74, 6) is -0.836. The van der Waals surface area contributed by atoms with Crippen molar-refractivity contribution in [1.29, 1.82) is 0 Å². The molecule has 0 aromatic heterocycles. The van der Waals surface area contributed by atoms with E-state index in [1.165, 1.54) is 0 Å². The second-order valence-electron chi connectivity index (χ2n) is 7.20. The molecule has 0 radical (unpaired) electrons. The van der Waals surface area contributed by atoms with Crippen LogP contribution in [0.1, 0.15) is 60.8 Å². The highest BCUT2D eigenvalue weighted by molar-refractivity contribution is 5.82. The average Bonchev–Trinajstić information content (AvgIpc) is 2.66. The maximum absolute atomic E-state index is 12.9. The molecule has 0 spiro atoms. The van der Waals surface area contributed by atoms with Gasteiger partial charge in [0.15, 0.2) is 0 Å². The second-order valence-corrected chi connectivity index (χ2v) is 7.20. The maximum Gasteiger partial charge on any atom is 0.305 e. The fourth-order valence-electron chi connectivity index (χ4n) is 3.32. The lowest BCUT2D eigenvalue weighted by atomic mass is 10.0. The van der Waals surface area contributed by atoms with Gasteiger partial charge in [-0.25, -0.2) is 0 Å². The number of carbonyl (C=O) groups is 2. The molecule has 1 heterocycles. The van der Waals surface area contributed by atoms with Crippen molar-refractivity contribution in [3.05, 3.63) is 0 Å². The molecule has 5 heteroatoms. The van der Waals surface area contributed by atoms with E-state index in [1.54, 1.807) is 4.90 Å². The quantitative estimate of drug-likeness (QED) is 0.846. The number of carboxylic acid groups (broad SMARTS) is 1. The number of hydrogen-bond acceptors (Lipinski definition) is 3. The largest absolute Gasteiger partial charge is 0.481 e. The molecular weight excluding hydrogens is 268 g/mol. The third-order valence-electron chi connectivity index (χ3n) is 4.45. The molecule has 3 atom stereocenters. The highest BCUT2D eigenvalue weighted by Crippen LogP contribution is 2.28. The van der Waals surface area contributed by atoms with Crippen molar-refractivity contribution in [3.8, 4) is 0 Å². The van der Waals surface area contributed by atoms with Crippen LogP contribution in [0.15, 0.2) is 0 Å². The van der Waals surface area contributed by atoms with Crippen LogP contribution in [0.5, 0.6) is 0 Å². The minimum absolute atomic E-state index is 0.0131. The van der Waals surface area contributed by atoms with Crippen molar-refractivity contribution >= 4 is 11.9 Å². The fraction of sp³-hybridized carbons (Fsp3) is 0.875. The maximum atomic E-state index is 12.9. The standard InChI is InChI=1S/C16H30N2O3/c1-11-7-8-12(2)18(11)13(3)15(21)17(16(4,5)6)10-9-14(19)20/h11-13H,7-10H2,1-6H3,(H,19,20). The molecule has 1 aliphatic rings. The Bertz CT molecular complexity index is 379. The van der Waals surface area contributed by atoms with Gasteiger partial charge in [-0.2, -0.15) is 0 Å². The lowest BCUT2D eigenvalue weighted by molar-refractivity contribution is -0.144. The number of likely N-dealkylation sites (tertiary alicyclic amines) is 1. The first-order valence-electron chi connectivity index (χ1n) is 7.86. The Morgan fingerprint density at radius 2 is 1.71 bits per heavy atom. The summed E-state index contributed by atoms with van der Waals surface area (Å²) in [6, 6.07) is 0.603. The zero-order valence-electron chi connectivity index (χ0n) is 14.2. The van der Waals surface area contributed by atoms with Crippen molar-refractivity contribution in [3.63, 3.8) is 0 Å². The number of aliphatic carboxylic acids is 1. The number of hydrogen-bond donors (Lipinski definition) is 1. The van der Waals surface area contributed by atoms with Crippen LogP contribution >= 0.6 is 0 Å². The van der Waals surface area contributed by atoms with Crippen LogP contribution < -0.4 is 0 Å². The molecule has 3 unspecified atom stereocenters. The summed E-state index contributed by atoms with van der Waals surface area (Å²) in [5.41, 5.74) is -0.368. The number of nitrogens with zero attached hydrogens (tertiary/aromatic N) is 2. The molecule has 0 saturated carbocycles. The van der Waals surface area contributed by atoms with E-state index in [2.05, 4.69) is 18.7 Å². The SMILES string of the molecule is CC1CCC(C)N1C(C)C(=O)N(CCC(=O)O)C(C)(C)C. The number of amides is 1. The third-order valence-corrected chi connectivity index (χ3v) is 4.45. The van der Waals surface area contributed by atoms with E-state index < -0.39 is 5.97 Å². The number of rotatable bonds is 5. The second kappa shape index (κ2) is 6.77. The van der Waals surface area contributed by atoms with E-state index in [9.17, 15) is 9.59 Å². The van der Waals surface area contributed by atoms with E-state index in [-0.39, 0.29) is 30.5 Å². The van der Waals surface area contributed by atoms with E-state index in [4.69, 9.17) is 5.11 Å². The summed E-state index contributed by atoms with van der Waals surface area (Å²) in [5, 5.41) is 8.90. The molecule has 5 nitrogen and oxygen atoms in total. The van der Waals surface area contributed by atoms with Gasteiger partial charge >= 0.3 is 5.97 Å². The molecule has 1 fully saturated rings. The van der Waals surface area contributed by atoms with Gasteiger partial charge in [-0.15, -0.1) is 0 Å². The van der Waals surface area contributed by atoms with Crippen molar-refractivity contribution in [2.75, 3.05) is 6.54 Å². The molecule has 1 amide bonds. The van der Waals surface area contributed by atoms with Gasteiger partial charge in [0.1, 0.15) is 0 Å². The molecule has 0 aromatic rings. The Balaban J connectivity index is 2.86. The van der Waals surface area contributed by atoms with Crippen molar-refractivity contribution in [2.24, 2.45) is 0 Å². The zero-order chi connectivity index (χ0) is 16.4. The molecule has 0 aliphatic carbocycles. The predicted molar refractivity (Wildman–Crippen MR) is 83.2 cm³/mol. The van der Waals surface area contributed by atoms with Crippen molar-refractivity contribution in [2.45, 2.75) is 84.5 Å². The number of carbonyl (C=O) groups excluding carboxylic acids is 1. The first-order valence-corrected chi connectivity index (χ1v) is 7.86. The third kappa shape index (κ3) is 4.43. The lowest BCUT2D eigenvalue weighted by Gasteiger charge is -2.41. The van der Waals surface area contributed by atoms with E-state index in [0.29, 0.717) is 12.1 Å². The minimum Gasteiger partial charge on any atom is -0.481 e. The van der Waals surface area contributed by atoms with Gasteiger partial charge in [-0.3, -0.25) is 14.5 Å². The number of carboxylic acids is 1. The van der Waals surface area contributed by atoms with Crippen molar-refractivity contribution in [1.82, 2.24) is 9.80 Å². The molecule has 0 aromatic carbocycles. The topological polar surface area (TPSA) is 60.9 Å². The van der Waals surface area contributed by atoms with Crippen LogP contribution in [0.3, 0.4) is 0 Å². The van der Waals surface area contributed by atoms with Crippen molar-refractivity contribution < 1.29 is 14.7 Å². The Hall–Kier alpha value is -1.10. The van der Waals surface area contributed by atoms with Crippen LogP contribution in [-0.4, -0.2) is 57.0 Å². The van der Waals surface area contributed by atoms with E-state index >= 15 is 0 Å². The summed E-state index contributed by atoms with van der Waals surface area (Å²) in [4.78, 5) is 27.7. The molecule has 21 heavy (non-hydrogen) atoms. The van der Waals surface area contributed by atoms with Gasteiger partial charge in [0, 0.05) is 24.2 Å². The van der Waals surface area contributed by atoms with Gasteiger partial charge in [0.05, 0.1) is 12.5 Å². The average molecular weight is 298 g/mol. The predicted octanol–water partition coefficient (Wildman–Crippen LogP) is 2.35. The van der Waals surface area contributed by atoms with Crippen LogP contribution in [0.4, 0.5) is 0 Å². The highest BCUT2D eigenvalue weighted by Gasteiger charge is 2.38. The van der Waals surface area contributed by atoms with E-state index in [0.717, 1.165) is 12.8 Å². The lowest BCUT2D eigenvalue weighted by Crippen LogP contribution is -2.56. The highest BCUT2D eigenvalue weighted by atomic mass is 16.4. The molecule has 1 aliphatic heterocycles. The molecular formula is C16H30N2O3. The van der Waals surface area contributed by atoms with Crippen LogP contribution in [0.25, 0.3) is 0 Å². The molecule has 1 rings (SSSR count). The summed E-state index contributed by atoms with van der Waals surface area (Å²) in [7, 11) is 0. The summed E-state index contributed by atoms with van der Waals surface area (Å²) in [6.07, 6.45) is 2.22. The first-order chi connectivity index (χ1) is 9.55. The normalized spacial score (nSPS) is 24.9. The van der Waals surface area contributed by atoms with Gasteiger partial charge in [-0.1, -0.05) is 0 Å². The fourth-order valence-corrected chi connectivity index (χ4v) is 3.32. The van der Waals surface area contributed by atoms with Crippen LogP contribution in [-0.2, 0) is 9.59 Å². The molecule has 1 saturated heterocycles. The molecule has 0 bridgehead atoms. The monoisotopic (exact) mass is 298 g/mol. The van der Waals surface area contributed by atoms with Crippen LogP contribution in [0.2, 0.25) is 0 Å². The zero-order valence-corrected chi connectivity index (χ0v) is 14.2. The Labute approximate surface area is 128 Å². The summed E-state index contributed by atoms with van der Waals surface area (Å²) >= 11 is 0. The van der Waals surface area contributed by atoms with Crippen LogP contribution in [0, 0.1) is 0 Å². The summed E-state index contributed by atoms with van der Waals surface area (Å²) < 4.78 is 0. The Morgan fingerprint density at radius 1 is 1.24 bits per heavy atom. The summed E-state index contributed by atoms with van der Waals surface area (Å²) in [6.45, 7) is 12.4. The van der Waals surface area contributed by atoms with Gasteiger partial charge in [-0.05, 0) is 54.4 Å². The van der Waals surface area contributed by atoms with E-state index in [1.807, 2.05) is 27.7 Å². The first kappa shape index (κ1) is 18.0. The van der Waals surface area contributed by atoms with Gasteiger partial charge in [0.25, 0.3) is 0 Å². The smallest absolute Gasteiger partial charge is 0.305 e. The Kier molecular flexibility index (Phi) is 5.79. The minimum atomic E-state index is -0.868. The Morgan fingerprint density at radius 3 is 2.10 bits per heavy atom.